The van der Waals surface area contributed by atoms with Gasteiger partial charge in [-0.3, -0.25) is 24.1 Å². The van der Waals surface area contributed by atoms with E-state index in [9.17, 15) is 19.2 Å². The number of carbonyl (C=O) groups is 4. The molecule has 1 aromatic rings. The van der Waals surface area contributed by atoms with Crippen molar-refractivity contribution in [2.75, 3.05) is 26.8 Å². The van der Waals surface area contributed by atoms with E-state index in [1.807, 2.05) is 0 Å². The summed E-state index contributed by atoms with van der Waals surface area (Å²) in [5.41, 5.74) is 0.607. The number of rotatable bonds is 8. The first-order valence-electron chi connectivity index (χ1n) is 7.97. The summed E-state index contributed by atoms with van der Waals surface area (Å²) in [6.45, 7) is 2.28. The van der Waals surface area contributed by atoms with Crippen molar-refractivity contribution in [2.24, 2.45) is 0 Å². The Kier molecular flexibility index (Phi) is 6.24. The predicted octanol–water partition coefficient (Wildman–Crippen LogP) is -0.0600. The third-order valence-corrected chi connectivity index (χ3v) is 3.87. The summed E-state index contributed by atoms with van der Waals surface area (Å²) >= 11 is 0. The van der Waals surface area contributed by atoms with Crippen LogP contribution in [0.15, 0.2) is 24.3 Å². The summed E-state index contributed by atoms with van der Waals surface area (Å²) in [6, 6.07) is 5.54. The first-order valence-corrected chi connectivity index (χ1v) is 7.97. The van der Waals surface area contributed by atoms with Gasteiger partial charge in [0.15, 0.2) is 0 Å². The second-order valence-electron chi connectivity index (χ2n) is 5.59. The van der Waals surface area contributed by atoms with Gasteiger partial charge in [0.05, 0.1) is 17.7 Å². The van der Waals surface area contributed by atoms with Crippen LogP contribution in [0, 0.1) is 0 Å². The van der Waals surface area contributed by atoms with Crippen molar-refractivity contribution in [3.8, 4) is 0 Å². The minimum atomic E-state index is -0.934. The zero-order valence-electron chi connectivity index (χ0n) is 14.2. The first kappa shape index (κ1) is 18.6. The highest BCUT2D eigenvalue weighted by atomic mass is 16.5. The summed E-state index contributed by atoms with van der Waals surface area (Å²) in [4.78, 5) is 49.2. The van der Waals surface area contributed by atoms with Crippen molar-refractivity contribution in [1.82, 2.24) is 15.5 Å². The van der Waals surface area contributed by atoms with Gasteiger partial charge in [0.2, 0.25) is 11.8 Å². The average Bonchev–Trinajstić information content (AvgIpc) is 2.87. The van der Waals surface area contributed by atoms with Crippen LogP contribution in [0.2, 0.25) is 0 Å². The normalized spacial score (nSPS) is 14.2. The van der Waals surface area contributed by atoms with Crippen LogP contribution in [0.5, 0.6) is 0 Å². The van der Waals surface area contributed by atoms with Gasteiger partial charge in [-0.15, -0.1) is 0 Å². The SMILES string of the molecule is COCCC(=O)NCCNC(=O)C(C)N1C(=O)c2ccccc2C1=O. The lowest BCUT2D eigenvalue weighted by Crippen LogP contribution is -2.49. The van der Waals surface area contributed by atoms with Gasteiger partial charge in [-0.25, -0.2) is 0 Å². The lowest BCUT2D eigenvalue weighted by Gasteiger charge is -2.21. The molecule has 1 aliphatic heterocycles. The van der Waals surface area contributed by atoms with Crippen molar-refractivity contribution in [2.45, 2.75) is 19.4 Å². The molecule has 2 rings (SSSR count). The lowest BCUT2D eigenvalue weighted by molar-refractivity contribution is -0.125. The van der Waals surface area contributed by atoms with E-state index in [0.717, 1.165) is 4.90 Å². The molecule has 0 radical (unpaired) electrons. The standard InChI is InChI=1S/C17H21N3O5/c1-11(15(22)19-9-8-18-14(21)7-10-25-2)20-16(23)12-5-3-4-6-13(12)17(20)24/h3-6,11H,7-10H2,1-2H3,(H,18,21)(H,19,22). The quantitative estimate of drug-likeness (QED) is 0.506. The molecule has 0 fully saturated rings. The van der Waals surface area contributed by atoms with E-state index >= 15 is 0 Å². The molecule has 1 aromatic carbocycles. The monoisotopic (exact) mass is 347 g/mol. The maximum atomic E-state index is 12.3. The molecule has 0 aromatic heterocycles. The molecule has 25 heavy (non-hydrogen) atoms. The number of hydrogen-bond donors (Lipinski definition) is 2. The van der Waals surface area contributed by atoms with Gasteiger partial charge in [-0.1, -0.05) is 12.1 Å². The van der Waals surface area contributed by atoms with E-state index in [1.165, 1.54) is 14.0 Å². The molecule has 1 unspecified atom stereocenters. The topological polar surface area (TPSA) is 105 Å². The molecule has 134 valence electrons. The Bertz CT molecular complexity index is 654. The van der Waals surface area contributed by atoms with E-state index < -0.39 is 23.8 Å². The van der Waals surface area contributed by atoms with Gasteiger partial charge >= 0.3 is 0 Å². The third kappa shape index (κ3) is 4.21. The van der Waals surface area contributed by atoms with Crippen LogP contribution in [-0.2, 0) is 14.3 Å². The van der Waals surface area contributed by atoms with Gasteiger partial charge < -0.3 is 15.4 Å². The van der Waals surface area contributed by atoms with Crippen LogP contribution >= 0.6 is 0 Å². The summed E-state index contributed by atoms with van der Waals surface area (Å²) < 4.78 is 4.79. The smallest absolute Gasteiger partial charge is 0.262 e. The summed E-state index contributed by atoms with van der Waals surface area (Å²) in [5.74, 6) is -1.59. The Hall–Kier alpha value is -2.74. The Labute approximate surface area is 145 Å². The Morgan fingerprint density at radius 3 is 2.20 bits per heavy atom. The summed E-state index contributed by atoms with van der Waals surface area (Å²) in [7, 11) is 1.51. The first-order chi connectivity index (χ1) is 12.0. The molecular weight excluding hydrogens is 326 g/mol. The molecule has 8 heteroatoms. The van der Waals surface area contributed by atoms with E-state index in [-0.39, 0.29) is 25.4 Å². The fourth-order valence-electron chi connectivity index (χ4n) is 2.50. The number of nitrogens with zero attached hydrogens (tertiary/aromatic N) is 1. The van der Waals surface area contributed by atoms with Crippen LogP contribution in [0.1, 0.15) is 34.1 Å². The maximum Gasteiger partial charge on any atom is 0.262 e. The Morgan fingerprint density at radius 2 is 1.64 bits per heavy atom. The number of methoxy groups -OCH3 is 1. The van der Waals surface area contributed by atoms with Crippen molar-refractivity contribution in [3.05, 3.63) is 35.4 Å². The van der Waals surface area contributed by atoms with Crippen LogP contribution in [0.3, 0.4) is 0 Å². The molecule has 0 bridgehead atoms. The van der Waals surface area contributed by atoms with Gasteiger partial charge in [-0.2, -0.15) is 0 Å². The van der Waals surface area contributed by atoms with Gasteiger partial charge in [0.1, 0.15) is 6.04 Å². The van der Waals surface area contributed by atoms with Crippen LogP contribution < -0.4 is 10.6 Å². The van der Waals surface area contributed by atoms with Crippen LogP contribution in [0.25, 0.3) is 0 Å². The second-order valence-corrected chi connectivity index (χ2v) is 5.59. The molecule has 2 N–H and O–H groups in total. The maximum absolute atomic E-state index is 12.3. The number of fused-ring (bicyclic) bond motifs is 1. The van der Waals surface area contributed by atoms with Crippen LogP contribution in [0.4, 0.5) is 0 Å². The zero-order chi connectivity index (χ0) is 18.4. The molecular formula is C17H21N3O5. The number of benzene rings is 1. The molecule has 0 saturated carbocycles. The molecule has 0 aliphatic carbocycles. The predicted molar refractivity (Wildman–Crippen MR) is 88.9 cm³/mol. The van der Waals surface area contributed by atoms with E-state index in [2.05, 4.69) is 10.6 Å². The zero-order valence-corrected chi connectivity index (χ0v) is 14.2. The van der Waals surface area contributed by atoms with Crippen molar-refractivity contribution >= 4 is 23.6 Å². The van der Waals surface area contributed by atoms with Crippen molar-refractivity contribution in [3.63, 3.8) is 0 Å². The molecule has 4 amide bonds. The molecule has 0 spiro atoms. The number of hydrogen-bond acceptors (Lipinski definition) is 5. The fraction of sp³-hybridized carbons (Fsp3) is 0.412. The number of imide groups is 1. The summed E-state index contributed by atoms with van der Waals surface area (Å²) in [6.07, 6.45) is 0.246. The van der Waals surface area contributed by atoms with E-state index in [1.54, 1.807) is 24.3 Å². The van der Waals surface area contributed by atoms with Gasteiger partial charge in [0.25, 0.3) is 11.8 Å². The molecule has 0 saturated heterocycles. The number of amides is 4. The van der Waals surface area contributed by atoms with E-state index in [4.69, 9.17) is 4.74 Å². The Balaban J connectivity index is 1.84. The van der Waals surface area contributed by atoms with Crippen LogP contribution in [-0.4, -0.2) is 61.4 Å². The third-order valence-electron chi connectivity index (χ3n) is 3.87. The summed E-state index contributed by atoms with van der Waals surface area (Å²) in [5, 5.41) is 5.24. The minimum Gasteiger partial charge on any atom is -0.384 e. The number of carbonyl (C=O) groups excluding carboxylic acids is 4. The molecule has 1 atom stereocenters. The largest absolute Gasteiger partial charge is 0.384 e. The highest BCUT2D eigenvalue weighted by Crippen LogP contribution is 2.24. The highest BCUT2D eigenvalue weighted by Gasteiger charge is 2.40. The Morgan fingerprint density at radius 1 is 1.08 bits per heavy atom. The van der Waals surface area contributed by atoms with Gasteiger partial charge in [0, 0.05) is 26.6 Å². The van der Waals surface area contributed by atoms with E-state index in [0.29, 0.717) is 17.7 Å². The fourth-order valence-corrected chi connectivity index (χ4v) is 2.50. The average molecular weight is 347 g/mol. The number of ether oxygens (including phenoxy) is 1. The van der Waals surface area contributed by atoms with Gasteiger partial charge in [-0.05, 0) is 19.1 Å². The van der Waals surface area contributed by atoms with Crippen molar-refractivity contribution < 1.29 is 23.9 Å². The minimum absolute atomic E-state index is 0.176. The van der Waals surface area contributed by atoms with Crippen molar-refractivity contribution in [1.29, 1.82) is 0 Å². The number of nitrogens with one attached hydrogen (secondary N) is 2. The lowest BCUT2D eigenvalue weighted by atomic mass is 10.1. The molecule has 1 heterocycles. The molecule has 8 nitrogen and oxygen atoms in total. The second kappa shape index (κ2) is 8.39. The highest BCUT2D eigenvalue weighted by molar-refractivity contribution is 6.22. The molecule has 1 aliphatic rings.